The van der Waals surface area contributed by atoms with Crippen LogP contribution >= 0.6 is 0 Å². The second kappa shape index (κ2) is 2.36. The van der Waals surface area contributed by atoms with Crippen LogP contribution in [-0.2, 0) is 0 Å². The molecule has 0 bridgehead atoms. The summed E-state index contributed by atoms with van der Waals surface area (Å²) in [6, 6.07) is 2.09. The molecule has 0 heterocycles. The number of rotatable bonds is 0. The first-order valence-electron chi connectivity index (χ1n) is 3.31. The smallest absolute Gasteiger partial charge is 0.0725 e. The third kappa shape index (κ3) is 1.22. The lowest BCUT2D eigenvalue weighted by molar-refractivity contribution is 0.153. The molecule has 1 rings (SSSR count). The van der Waals surface area contributed by atoms with Crippen molar-refractivity contribution in [3.63, 3.8) is 0 Å². The third-order valence-electron chi connectivity index (χ3n) is 1.93. The summed E-state index contributed by atoms with van der Waals surface area (Å²) in [6.07, 6.45) is 1.32. The van der Waals surface area contributed by atoms with Gasteiger partial charge >= 0.3 is 0 Å². The second-order valence-corrected chi connectivity index (χ2v) is 2.88. The molecule has 2 nitrogen and oxygen atoms in total. The van der Waals surface area contributed by atoms with Gasteiger partial charge in [0.25, 0.3) is 0 Å². The number of nitriles is 1. The summed E-state index contributed by atoms with van der Waals surface area (Å²) in [5.74, 6) is 0.435. The standard InChI is InChI=1S/C7H11NO/c1-5-2-6(4-8)7(9)3-5/h5-7,9H,2-3H2,1H3/t5?,6-,7-/m1/s1. The highest BCUT2D eigenvalue weighted by molar-refractivity contribution is 4.94. The highest BCUT2D eigenvalue weighted by atomic mass is 16.3. The molecule has 1 fully saturated rings. The number of aliphatic hydroxyl groups excluding tert-OH is 1. The average molecular weight is 125 g/mol. The first kappa shape index (κ1) is 6.57. The van der Waals surface area contributed by atoms with Crippen molar-refractivity contribution in [3.8, 4) is 6.07 Å². The second-order valence-electron chi connectivity index (χ2n) is 2.88. The van der Waals surface area contributed by atoms with E-state index in [1.165, 1.54) is 0 Å². The molecule has 1 saturated carbocycles. The number of hydrogen-bond acceptors (Lipinski definition) is 2. The molecule has 50 valence electrons. The molecule has 1 aliphatic carbocycles. The fraction of sp³-hybridized carbons (Fsp3) is 0.857. The molecule has 0 aliphatic heterocycles. The Bertz CT molecular complexity index is 138. The summed E-state index contributed by atoms with van der Waals surface area (Å²) >= 11 is 0. The molecule has 0 amide bonds. The average Bonchev–Trinajstić information content (AvgIpc) is 2.10. The third-order valence-corrected chi connectivity index (χ3v) is 1.93. The van der Waals surface area contributed by atoms with Gasteiger partial charge in [-0.2, -0.15) is 5.26 Å². The van der Waals surface area contributed by atoms with E-state index >= 15 is 0 Å². The topological polar surface area (TPSA) is 44.0 Å². The number of nitrogens with zero attached hydrogens (tertiary/aromatic N) is 1. The molecule has 2 heteroatoms. The van der Waals surface area contributed by atoms with Crippen molar-refractivity contribution in [2.75, 3.05) is 0 Å². The maximum Gasteiger partial charge on any atom is 0.0725 e. The Hall–Kier alpha value is -0.550. The lowest BCUT2D eigenvalue weighted by atomic mass is 10.1. The van der Waals surface area contributed by atoms with Crippen LogP contribution in [0.2, 0.25) is 0 Å². The Morgan fingerprint density at radius 3 is 2.44 bits per heavy atom. The van der Waals surface area contributed by atoms with E-state index < -0.39 is 0 Å². The Balaban J connectivity index is 2.50. The summed E-state index contributed by atoms with van der Waals surface area (Å²) in [7, 11) is 0. The fourth-order valence-electron chi connectivity index (χ4n) is 1.40. The van der Waals surface area contributed by atoms with Gasteiger partial charge in [-0.25, -0.2) is 0 Å². The molecule has 0 radical (unpaired) electrons. The lowest BCUT2D eigenvalue weighted by Crippen LogP contribution is -2.09. The van der Waals surface area contributed by atoms with Gasteiger partial charge in [0.15, 0.2) is 0 Å². The molecule has 0 aromatic heterocycles. The largest absolute Gasteiger partial charge is 0.392 e. The maximum atomic E-state index is 9.14. The van der Waals surface area contributed by atoms with Crippen LogP contribution in [0, 0.1) is 23.2 Å². The van der Waals surface area contributed by atoms with Crippen molar-refractivity contribution in [1.82, 2.24) is 0 Å². The molecule has 0 aromatic rings. The van der Waals surface area contributed by atoms with Gasteiger partial charge in [0.2, 0.25) is 0 Å². The van der Waals surface area contributed by atoms with Crippen molar-refractivity contribution in [3.05, 3.63) is 0 Å². The zero-order chi connectivity index (χ0) is 6.85. The van der Waals surface area contributed by atoms with Gasteiger partial charge in [-0.15, -0.1) is 0 Å². The van der Waals surface area contributed by atoms with E-state index in [0.717, 1.165) is 12.8 Å². The minimum Gasteiger partial charge on any atom is -0.392 e. The van der Waals surface area contributed by atoms with Crippen LogP contribution in [0.25, 0.3) is 0 Å². The van der Waals surface area contributed by atoms with Gasteiger partial charge in [0.05, 0.1) is 18.1 Å². The van der Waals surface area contributed by atoms with Crippen LogP contribution in [-0.4, -0.2) is 11.2 Å². The molecule has 1 unspecified atom stereocenters. The maximum absolute atomic E-state index is 9.14. The van der Waals surface area contributed by atoms with Crippen LogP contribution in [0.5, 0.6) is 0 Å². The SMILES string of the molecule is CC1C[C@@H](O)[C@@H](C#N)C1. The predicted molar refractivity (Wildman–Crippen MR) is 33.5 cm³/mol. The molecule has 1 aliphatic rings. The van der Waals surface area contributed by atoms with E-state index in [-0.39, 0.29) is 12.0 Å². The molecule has 1 N–H and O–H groups in total. The highest BCUT2D eigenvalue weighted by Crippen LogP contribution is 2.29. The van der Waals surface area contributed by atoms with Gasteiger partial charge in [-0.05, 0) is 18.8 Å². The minimum absolute atomic E-state index is 0.0972. The van der Waals surface area contributed by atoms with Crippen LogP contribution in [0.3, 0.4) is 0 Å². The van der Waals surface area contributed by atoms with Crippen molar-refractivity contribution in [1.29, 1.82) is 5.26 Å². The van der Waals surface area contributed by atoms with Crippen molar-refractivity contribution in [2.45, 2.75) is 25.9 Å². The predicted octanol–water partition coefficient (Wildman–Crippen LogP) is 0.917. The van der Waals surface area contributed by atoms with E-state index in [1.54, 1.807) is 0 Å². The summed E-state index contributed by atoms with van der Waals surface area (Å²) < 4.78 is 0. The molecular formula is C7H11NO. The van der Waals surface area contributed by atoms with Gasteiger partial charge in [0, 0.05) is 0 Å². The zero-order valence-electron chi connectivity index (χ0n) is 5.54. The van der Waals surface area contributed by atoms with E-state index in [2.05, 4.69) is 13.0 Å². The normalized spacial score (nSPS) is 42.6. The molecule has 0 saturated heterocycles. The van der Waals surface area contributed by atoms with Crippen molar-refractivity contribution >= 4 is 0 Å². The fourth-order valence-corrected chi connectivity index (χ4v) is 1.40. The number of aliphatic hydroxyl groups is 1. The monoisotopic (exact) mass is 125 g/mol. The van der Waals surface area contributed by atoms with Gasteiger partial charge in [-0.1, -0.05) is 6.92 Å². The van der Waals surface area contributed by atoms with Crippen LogP contribution < -0.4 is 0 Å². The Labute approximate surface area is 55.1 Å². The van der Waals surface area contributed by atoms with Crippen LogP contribution in [0.15, 0.2) is 0 Å². The van der Waals surface area contributed by atoms with Crippen LogP contribution in [0.4, 0.5) is 0 Å². The number of hydrogen-bond donors (Lipinski definition) is 1. The van der Waals surface area contributed by atoms with Crippen molar-refractivity contribution < 1.29 is 5.11 Å². The molecule has 3 atom stereocenters. The van der Waals surface area contributed by atoms with Crippen LogP contribution in [0.1, 0.15) is 19.8 Å². The zero-order valence-corrected chi connectivity index (χ0v) is 5.54. The lowest BCUT2D eigenvalue weighted by Gasteiger charge is -2.01. The molecular weight excluding hydrogens is 114 g/mol. The van der Waals surface area contributed by atoms with E-state index in [1.807, 2.05) is 0 Å². The van der Waals surface area contributed by atoms with E-state index in [9.17, 15) is 0 Å². The quantitative estimate of drug-likeness (QED) is 0.523. The van der Waals surface area contributed by atoms with Gasteiger partial charge < -0.3 is 5.11 Å². The van der Waals surface area contributed by atoms with E-state index in [4.69, 9.17) is 10.4 Å². The summed E-state index contributed by atoms with van der Waals surface area (Å²) in [5, 5.41) is 17.6. The Morgan fingerprint density at radius 2 is 2.22 bits per heavy atom. The first-order valence-corrected chi connectivity index (χ1v) is 3.31. The first-order chi connectivity index (χ1) is 4.24. The Morgan fingerprint density at radius 1 is 1.56 bits per heavy atom. The molecule has 0 spiro atoms. The molecule has 9 heavy (non-hydrogen) atoms. The minimum atomic E-state index is -0.356. The van der Waals surface area contributed by atoms with Gasteiger partial charge in [-0.3, -0.25) is 0 Å². The summed E-state index contributed by atoms with van der Waals surface area (Å²) in [4.78, 5) is 0. The van der Waals surface area contributed by atoms with Crippen molar-refractivity contribution in [2.24, 2.45) is 11.8 Å². The summed E-state index contributed by atoms with van der Waals surface area (Å²) in [6.45, 7) is 2.07. The summed E-state index contributed by atoms with van der Waals surface area (Å²) in [5.41, 5.74) is 0. The molecule has 0 aromatic carbocycles. The highest BCUT2D eigenvalue weighted by Gasteiger charge is 2.29. The van der Waals surface area contributed by atoms with Gasteiger partial charge in [0.1, 0.15) is 0 Å². The van der Waals surface area contributed by atoms with E-state index in [0.29, 0.717) is 5.92 Å². The Kier molecular flexibility index (Phi) is 1.73.